The van der Waals surface area contributed by atoms with Gasteiger partial charge in [-0.2, -0.15) is 0 Å². The highest BCUT2D eigenvalue weighted by Gasteiger charge is 2.21. The topological polar surface area (TPSA) is 70.1 Å². The van der Waals surface area contributed by atoms with Crippen molar-refractivity contribution in [1.82, 2.24) is 9.80 Å². The molecule has 1 N–H and O–H groups in total. The number of amides is 1. The Morgan fingerprint density at radius 2 is 1.75 bits per heavy atom. The molecule has 1 fully saturated rings. The van der Waals surface area contributed by atoms with Gasteiger partial charge in [-0.15, -0.1) is 0 Å². The van der Waals surface area contributed by atoms with Crippen LogP contribution in [0, 0.1) is 0 Å². The van der Waals surface area contributed by atoms with E-state index < -0.39 is 5.97 Å². The van der Waals surface area contributed by atoms with Crippen LogP contribution < -0.4 is 4.74 Å². The van der Waals surface area contributed by atoms with Crippen molar-refractivity contribution in [2.45, 2.75) is 19.3 Å². The molecule has 0 radical (unpaired) electrons. The van der Waals surface area contributed by atoms with E-state index in [2.05, 4.69) is 20.8 Å². The molecule has 1 aliphatic heterocycles. The number of carbonyl (C=O) groups excluding carboxylic acids is 1. The van der Waals surface area contributed by atoms with Crippen LogP contribution in [0.1, 0.15) is 19.3 Å². The van der Waals surface area contributed by atoms with Crippen molar-refractivity contribution in [2.75, 3.05) is 39.3 Å². The summed E-state index contributed by atoms with van der Waals surface area (Å²) in [5, 5.41) is 8.62. The molecule has 0 atom stereocenters. The van der Waals surface area contributed by atoms with E-state index in [1.165, 1.54) is 0 Å². The summed E-state index contributed by atoms with van der Waals surface area (Å²) < 4.78 is 6.50. The molecule has 1 aromatic carbocycles. The molecule has 0 bridgehead atoms. The Morgan fingerprint density at radius 1 is 1.08 bits per heavy atom. The number of unbranched alkanes of at least 4 members (excludes halogenated alkanes) is 1. The van der Waals surface area contributed by atoms with Crippen LogP contribution in [0.2, 0.25) is 0 Å². The largest absolute Gasteiger partial charge is 0.484 e. The zero-order valence-corrected chi connectivity index (χ0v) is 15.2. The highest BCUT2D eigenvalue weighted by molar-refractivity contribution is 9.10. The quantitative estimate of drug-likeness (QED) is 0.679. The molecule has 1 aliphatic rings. The van der Waals surface area contributed by atoms with Gasteiger partial charge in [0.05, 0.1) is 0 Å². The zero-order chi connectivity index (χ0) is 17.4. The maximum absolute atomic E-state index is 12.2. The van der Waals surface area contributed by atoms with Gasteiger partial charge < -0.3 is 14.7 Å². The lowest BCUT2D eigenvalue weighted by Crippen LogP contribution is -2.50. The van der Waals surface area contributed by atoms with Gasteiger partial charge in [-0.3, -0.25) is 14.5 Å². The van der Waals surface area contributed by atoms with Crippen molar-refractivity contribution < 1.29 is 19.4 Å². The average Bonchev–Trinajstić information content (AvgIpc) is 2.58. The number of carboxylic acids is 1. The van der Waals surface area contributed by atoms with Gasteiger partial charge in [-0.25, -0.2) is 0 Å². The Balaban J connectivity index is 1.63. The second-order valence-electron chi connectivity index (χ2n) is 5.82. The van der Waals surface area contributed by atoms with Gasteiger partial charge in [0.1, 0.15) is 5.75 Å². The highest BCUT2D eigenvalue weighted by Crippen LogP contribution is 2.16. The molecule has 2 rings (SSSR count). The molecule has 6 nitrogen and oxygen atoms in total. The number of ether oxygens (including phenoxy) is 1. The summed E-state index contributed by atoms with van der Waals surface area (Å²) >= 11 is 3.36. The van der Waals surface area contributed by atoms with E-state index in [1.54, 1.807) is 0 Å². The van der Waals surface area contributed by atoms with Crippen LogP contribution in [-0.2, 0) is 9.59 Å². The van der Waals surface area contributed by atoms with Crippen molar-refractivity contribution in [2.24, 2.45) is 0 Å². The molecule has 0 unspecified atom stereocenters. The van der Waals surface area contributed by atoms with Gasteiger partial charge in [-0.1, -0.05) is 15.9 Å². The summed E-state index contributed by atoms with van der Waals surface area (Å²) in [7, 11) is 0. The maximum atomic E-state index is 12.2. The van der Waals surface area contributed by atoms with E-state index >= 15 is 0 Å². The van der Waals surface area contributed by atoms with Crippen molar-refractivity contribution in [3.05, 3.63) is 28.7 Å². The Kier molecular flexibility index (Phi) is 7.52. The Morgan fingerprint density at radius 3 is 2.38 bits per heavy atom. The number of nitrogens with zero attached hydrogens (tertiary/aromatic N) is 2. The molecule has 1 aromatic rings. The number of hydrogen-bond donors (Lipinski definition) is 1. The van der Waals surface area contributed by atoms with Gasteiger partial charge in [0.15, 0.2) is 6.61 Å². The first-order valence-electron chi connectivity index (χ1n) is 8.15. The number of piperazine rings is 1. The number of aliphatic carboxylic acids is 1. The Hall–Kier alpha value is -1.60. The summed E-state index contributed by atoms with van der Waals surface area (Å²) in [6, 6.07) is 7.41. The van der Waals surface area contributed by atoms with Crippen molar-refractivity contribution in [1.29, 1.82) is 0 Å². The van der Waals surface area contributed by atoms with E-state index in [1.807, 2.05) is 29.2 Å². The van der Waals surface area contributed by atoms with Crippen LogP contribution in [-0.4, -0.2) is 66.1 Å². The summed E-state index contributed by atoms with van der Waals surface area (Å²) in [5.74, 6) is -0.0525. The predicted molar refractivity (Wildman–Crippen MR) is 94.1 cm³/mol. The van der Waals surface area contributed by atoms with Crippen molar-refractivity contribution in [3.63, 3.8) is 0 Å². The second kappa shape index (κ2) is 9.64. The first-order chi connectivity index (χ1) is 11.5. The Bertz CT molecular complexity index is 542. The first kappa shape index (κ1) is 18.7. The second-order valence-corrected chi connectivity index (χ2v) is 6.73. The van der Waals surface area contributed by atoms with Crippen LogP contribution in [0.5, 0.6) is 5.75 Å². The van der Waals surface area contributed by atoms with E-state index in [0.717, 1.165) is 30.5 Å². The minimum absolute atomic E-state index is 0.00319. The molecule has 0 spiro atoms. The van der Waals surface area contributed by atoms with E-state index in [9.17, 15) is 9.59 Å². The molecule has 1 amide bonds. The van der Waals surface area contributed by atoms with Crippen molar-refractivity contribution >= 4 is 27.8 Å². The van der Waals surface area contributed by atoms with Gasteiger partial charge in [0.25, 0.3) is 5.91 Å². The lowest BCUT2D eigenvalue weighted by atomic mass is 10.2. The molecule has 0 aromatic heterocycles. The van der Waals surface area contributed by atoms with Crippen molar-refractivity contribution in [3.8, 4) is 5.75 Å². The molecule has 1 heterocycles. The molecule has 1 saturated heterocycles. The molecule has 0 saturated carbocycles. The van der Waals surface area contributed by atoms with Gasteiger partial charge in [-0.05, 0) is 43.7 Å². The Labute approximate surface area is 150 Å². The summed E-state index contributed by atoms with van der Waals surface area (Å²) in [4.78, 5) is 26.8. The maximum Gasteiger partial charge on any atom is 0.303 e. The van der Waals surface area contributed by atoms with Gasteiger partial charge in [0.2, 0.25) is 0 Å². The van der Waals surface area contributed by atoms with Crippen LogP contribution in [0.4, 0.5) is 0 Å². The monoisotopic (exact) mass is 398 g/mol. The predicted octanol–water partition coefficient (Wildman–Crippen LogP) is 2.23. The summed E-state index contributed by atoms with van der Waals surface area (Å²) in [6.45, 7) is 4.00. The molecular formula is C17H23BrN2O4. The fraction of sp³-hybridized carbons (Fsp3) is 0.529. The number of carboxylic acid groups (broad SMARTS) is 1. The third-order valence-electron chi connectivity index (χ3n) is 4.02. The normalized spacial score (nSPS) is 15.3. The van der Waals surface area contributed by atoms with Crippen LogP contribution >= 0.6 is 15.9 Å². The first-order valence-corrected chi connectivity index (χ1v) is 8.94. The third kappa shape index (κ3) is 6.49. The smallest absolute Gasteiger partial charge is 0.303 e. The number of halogens is 1. The molecular weight excluding hydrogens is 376 g/mol. The van der Waals surface area contributed by atoms with Crippen LogP contribution in [0.3, 0.4) is 0 Å². The van der Waals surface area contributed by atoms with Gasteiger partial charge in [0, 0.05) is 37.1 Å². The fourth-order valence-corrected chi connectivity index (χ4v) is 2.86. The zero-order valence-electron chi connectivity index (χ0n) is 13.6. The molecule has 7 heteroatoms. The summed E-state index contributed by atoms with van der Waals surface area (Å²) in [6.07, 6.45) is 1.81. The lowest BCUT2D eigenvalue weighted by Gasteiger charge is -2.34. The SMILES string of the molecule is O=C(O)CCCCN1CCN(C(=O)COc2ccc(Br)cc2)CC1. The average molecular weight is 399 g/mol. The van der Waals surface area contributed by atoms with E-state index in [0.29, 0.717) is 25.3 Å². The minimum Gasteiger partial charge on any atom is -0.484 e. The molecule has 24 heavy (non-hydrogen) atoms. The highest BCUT2D eigenvalue weighted by atomic mass is 79.9. The molecule has 132 valence electrons. The molecule has 0 aliphatic carbocycles. The third-order valence-corrected chi connectivity index (χ3v) is 4.54. The fourth-order valence-electron chi connectivity index (χ4n) is 2.60. The number of carbonyl (C=O) groups is 2. The van der Waals surface area contributed by atoms with Gasteiger partial charge >= 0.3 is 5.97 Å². The number of benzene rings is 1. The minimum atomic E-state index is -0.740. The van der Waals surface area contributed by atoms with E-state index in [4.69, 9.17) is 9.84 Å². The standard InChI is InChI=1S/C17H23BrN2O4/c18-14-4-6-15(7-5-14)24-13-16(21)20-11-9-19(10-12-20)8-2-1-3-17(22)23/h4-7H,1-3,8-13H2,(H,22,23). The lowest BCUT2D eigenvalue weighted by molar-refractivity contribution is -0.137. The van der Waals surface area contributed by atoms with Crippen LogP contribution in [0.15, 0.2) is 28.7 Å². The number of hydrogen-bond acceptors (Lipinski definition) is 4. The number of rotatable bonds is 8. The summed E-state index contributed by atoms with van der Waals surface area (Å²) in [5.41, 5.74) is 0. The van der Waals surface area contributed by atoms with E-state index in [-0.39, 0.29) is 18.9 Å². The van der Waals surface area contributed by atoms with Crippen LogP contribution in [0.25, 0.3) is 0 Å².